The first-order valence-electron chi connectivity index (χ1n) is 8.77. The van der Waals surface area contributed by atoms with Crippen LogP contribution in [0.1, 0.15) is 18.1 Å². The third kappa shape index (κ3) is 2.98. The quantitative estimate of drug-likeness (QED) is 0.820. The molecule has 2 aromatic rings. The predicted octanol–water partition coefficient (Wildman–Crippen LogP) is 3.70. The molecule has 2 aliphatic heterocycles. The number of hydrogen-bond donors (Lipinski definition) is 1. The number of ether oxygens (including phenoxy) is 1. The fourth-order valence-electron chi connectivity index (χ4n) is 3.35. The number of nitrogens with zero attached hydrogens (tertiary/aromatic N) is 3. The summed E-state index contributed by atoms with van der Waals surface area (Å²) in [5, 5.41) is 9.25. The first-order chi connectivity index (χ1) is 13.5. The Morgan fingerprint density at radius 1 is 1.18 bits per heavy atom. The molecule has 1 N–H and O–H groups in total. The number of rotatable bonds is 4. The topological polar surface area (TPSA) is 51.0 Å². The SMILES string of the molecule is COc1ccc(C2=C(C)[N+]3CN(c4ccc(F)c(CO)c4F)C=CC3=N2)cc1. The highest BCUT2D eigenvalue weighted by atomic mass is 19.1. The summed E-state index contributed by atoms with van der Waals surface area (Å²) in [6.07, 6.45) is 3.49. The molecule has 0 saturated carbocycles. The lowest BCUT2D eigenvalue weighted by Crippen LogP contribution is -2.44. The highest BCUT2D eigenvalue weighted by Crippen LogP contribution is 2.32. The minimum atomic E-state index is -0.760. The Morgan fingerprint density at radius 3 is 2.61 bits per heavy atom. The number of anilines is 1. The Kier molecular flexibility index (Phi) is 4.70. The van der Waals surface area contributed by atoms with E-state index >= 15 is 0 Å². The van der Waals surface area contributed by atoms with E-state index in [0.29, 0.717) is 6.67 Å². The molecule has 0 amide bonds. The number of aliphatic hydroxyl groups is 1. The number of aliphatic hydroxyl groups excluding tert-OH is 1. The normalized spacial score (nSPS) is 16.5. The van der Waals surface area contributed by atoms with Gasteiger partial charge in [0.15, 0.2) is 11.5 Å². The summed E-state index contributed by atoms with van der Waals surface area (Å²) in [4.78, 5) is 8.31. The second-order valence-corrected chi connectivity index (χ2v) is 6.50. The zero-order chi connectivity index (χ0) is 19.8. The van der Waals surface area contributed by atoms with Gasteiger partial charge in [-0.1, -0.05) is 4.90 Å². The van der Waals surface area contributed by atoms with E-state index in [0.717, 1.165) is 34.6 Å². The van der Waals surface area contributed by atoms with Crippen LogP contribution >= 0.6 is 0 Å². The average Bonchev–Trinajstić information content (AvgIpc) is 3.04. The van der Waals surface area contributed by atoms with Crippen molar-refractivity contribution in [3.8, 4) is 5.75 Å². The monoisotopic (exact) mass is 383 g/mol. The van der Waals surface area contributed by atoms with Gasteiger partial charge in [-0.15, -0.1) is 0 Å². The molecule has 143 valence electrons. The van der Waals surface area contributed by atoms with Gasteiger partial charge in [-0.05, 0) is 36.4 Å². The van der Waals surface area contributed by atoms with Gasteiger partial charge in [0.1, 0.15) is 17.3 Å². The number of allylic oxidation sites excluding steroid dienone is 1. The van der Waals surface area contributed by atoms with E-state index in [1.165, 1.54) is 6.07 Å². The fourth-order valence-corrected chi connectivity index (χ4v) is 3.35. The molecule has 0 spiro atoms. The largest absolute Gasteiger partial charge is 0.497 e. The first-order valence-corrected chi connectivity index (χ1v) is 8.77. The molecule has 0 aliphatic carbocycles. The van der Waals surface area contributed by atoms with Crippen molar-refractivity contribution in [2.24, 2.45) is 4.99 Å². The Hall–Kier alpha value is -3.03. The number of aliphatic imine (C=N–C) groups is 1. The third-order valence-corrected chi connectivity index (χ3v) is 4.94. The number of halogens is 2. The van der Waals surface area contributed by atoms with E-state index in [2.05, 4.69) is 4.99 Å². The molecule has 0 aromatic heterocycles. The van der Waals surface area contributed by atoms with Crippen molar-refractivity contribution >= 4 is 17.2 Å². The van der Waals surface area contributed by atoms with Crippen molar-refractivity contribution in [2.45, 2.75) is 13.5 Å². The summed E-state index contributed by atoms with van der Waals surface area (Å²) >= 11 is 0. The van der Waals surface area contributed by atoms with Crippen molar-refractivity contribution in [1.82, 2.24) is 4.90 Å². The van der Waals surface area contributed by atoms with Crippen LogP contribution < -0.4 is 14.5 Å². The summed E-state index contributed by atoms with van der Waals surface area (Å²) in [6.45, 7) is 1.59. The molecule has 7 heteroatoms. The molecule has 0 saturated heterocycles. The standard InChI is InChI=1S/C21H19F2N3O2/c1-13-21(14-3-5-15(28-2)6-4-14)24-19-9-10-25(12-26(13)19)18-8-7-17(22)16(11-27)20(18)23/h3-10,27H,11-12H2,1-2H3/q+1. The first kappa shape index (κ1) is 18.3. The van der Waals surface area contributed by atoms with Gasteiger partial charge in [0.05, 0.1) is 25.0 Å². The number of amidine groups is 1. The minimum absolute atomic E-state index is 0.200. The van der Waals surface area contributed by atoms with Gasteiger partial charge in [0, 0.05) is 24.8 Å². The molecule has 0 bridgehead atoms. The van der Waals surface area contributed by atoms with Crippen molar-refractivity contribution in [1.29, 1.82) is 0 Å². The van der Waals surface area contributed by atoms with Crippen LogP contribution in [0.4, 0.5) is 14.5 Å². The van der Waals surface area contributed by atoms with Crippen molar-refractivity contribution in [3.05, 3.63) is 77.1 Å². The van der Waals surface area contributed by atoms with Gasteiger partial charge < -0.3 is 9.84 Å². The zero-order valence-electron chi connectivity index (χ0n) is 15.5. The molecule has 2 heterocycles. The van der Waals surface area contributed by atoms with Crippen molar-refractivity contribution in [2.75, 3.05) is 18.7 Å². The molecule has 4 rings (SSSR count). The van der Waals surface area contributed by atoms with Crippen LogP contribution in [0.15, 0.2) is 59.4 Å². The maximum Gasteiger partial charge on any atom is 0.285 e. The van der Waals surface area contributed by atoms with Gasteiger partial charge in [0.25, 0.3) is 5.84 Å². The molecule has 2 aliphatic rings. The van der Waals surface area contributed by atoms with Gasteiger partial charge in [-0.2, -0.15) is 4.99 Å². The maximum atomic E-state index is 14.6. The van der Waals surface area contributed by atoms with Crippen LogP contribution in [0.3, 0.4) is 0 Å². The molecule has 0 unspecified atom stereocenters. The summed E-state index contributed by atoms with van der Waals surface area (Å²) in [6, 6.07) is 10.2. The Morgan fingerprint density at radius 2 is 1.93 bits per heavy atom. The van der Waals surface area contributed by atoms with Crippen LogP contribution in [0.5, 0.6) is 5.75 Å². The van der Waals surface area contributed by atoms with Crippen molar-refractivity contribution < 1.29 is 18.6 Å². The smallest absolute Gasteiger partial charge is 0.285 e. The van der Waals surface area contributed by atoms with Crippen LogP contribution in [-0.2, 0) is 6.61 Å². The molecular weight excluding hydrogens is 364 g/mol. The van der Waals surface area contributed by atoms with Gasteiger partial charge in [-0.25, -0.2) is 8.78 Å². The third-order valence-electron chi connectivity index (χ3n) is 4.94. The van der Waals surface area contributed by atoms with Crippen LogP contribution in [0.2, 0.25) is 0 Å². The van der Waals surface area contributed by atoms with Gasteiger partial charge >= 0.3 is 0 Å². The summed E-state index contributed by atoms with van der Waals surface area (Å²) in [5.41, 5.74) is 2.58. The van der Waals surface area contributed by atoms with Crippen LogP contribution in [0, 0.1) is 11.6 Å². The molecule has 5 nitrogen and oxygen atoms in total. The second kappa shape index (κ2) is 7.18. The van der Waals surface area contributed by atoms with Crippen LogP contribution in [-0.4, -0.2) is 24.7 Å². The molecule has 2 aromatic carbocycles. The Bertz CT molecular complexity index is 1010. The van der Waals surface area contributed by atoms with Crippen LogP contribution in [0.25, 0.3) is 5.70 Å². The lowest BCUT2D eigenvalue weighted by atomic mass is 10.1. The van der Waals surface area contributed by atoms with Gasteiger partial charge in [-0.3, -0.25) is 4.90 Å². The van der Waals surface area contributed by atoms with E-state index in [4.69, 9.17) is 4.74 Å². The number of benzene rings is 2. The Labute approximate surface area is 161 Å². The van der Waals surface area contributed by atoms with E-state index < -0.39 is 18.2 Å². The molecule has 28 heavy (non-hydrogen) atoms. The molecule has 0 atom stereocenters. The second-order valence-electron chi connectivity index (χ2n) is 6.50. The van der Waals surface area contributed by atoms with E-state index in [1.54, 1.807) is 24.3 Å². The number of hydrogen-bond acceptors (Lipinski definition) is 5. The van der Waals surface area contributed by atoms with E-state index in [9.17, 15) is 13.9 Å². The van der Waals surface area contributed by atoms with Crippen molar-refractivity contribution in [3.63, 3.8) is 0 Å². The summed E-state index contributed by atoms with van der Waals surface area (Å²) in [7, 11) is 1.62. The lowest BCUT2D eigenvalue weighted by Gasteiger charge is -2.24. The molecule has 1 radical (unpaired) electrons. The highest BCUT2D eigenvalue weighted by molar-refractivity contribution is 6.05. The lowest BCUT2D eigenvalue weighted by molar-refractivity contribution is 0.269. The fraction of sp³-hybridized carbons (Fsp3) is 0.190. The maximum absolute atomic E-state index is 14.6. The molecule has 0 fully saturated rings. The zero-order valence-corrected chi connectivity index (χ0v) is 15.5. The highest BCUT2D eigenvalue weighted by Gasteiger charge is 2.39. The minimum Gasteiger partial charge on any atom is -0.497 e. The Balaban J connectivity index is 1.65. The summed E-state index contributed by atoms with van der Waals surface area (Å²) in [5.74, 6) is 0.00201. The summed E-state index contributed by atoms with van der Waals surface area (Å²) < 4.78 is 33.5. The molecular formula is C21H19F2N3O2+. The average molecular weight is 383 g/mol. The predicted molar refractivity (Wildman–Crippen MR) is 104 cm³/mol. The number of fused-ring (bicyclic) bond motifs is 1. The van der Waals surface area contributed by atoms with E-state index in [-0.39, 0.29) is 11.3 Å². The number of methoxy groups -OCH3 is 1. The van der Waals surface area contributed by atoms with Gasteiger partial charge in [0.2, 0.25) is 6.67 Å². The van der Waals surface area contributed by atoms with E-state index in [1.807, 2.05) is 36.1 Å².